The summed E-state index contributed by atoms with van der Waals surface area (Å²) in [6.45, 7) is 6.60. The summed E-state index contributed by atoms with van der Waals surface area (Å²) in [7, 11) is 0. The van der Waals surface area contributed by atoms with Crippen molar-refractivity contribution >= 4 is 5.69 Å². The lowest BCUT2D eigenvalue weighted by Crippen LogP contribution is -2.48. The van der Waals surface area contributed by atoms with Gasteiger partial charge in [-0.25, -0.2) is 0 Å². The molecule has 0 radical (unpaired) electrons. The van der Waals surface area contributed by atoms with Gasteiger partial charge in [0.1, 0.15) is 5.76 Å². The third-order valence-corrected chi connectivity index (χ3v) is 7.91. The molecule has 5 rings (SSSR count). The number of rotatable bonds is 7. The second-order valence-corrected chi connectivity index (χ2v) is 9.85. The van der Waals surface area contributed by atoms with E-state index in [0.29, 0.717) is 23.8 Å². The number of hydrogen-bond acceptors (Lipinski definition) is 5. The smallest absolute Gasteiger partial charge is 0.269 e. The first kappa shape index (κ1) is 21.7. The minimum absolute atomic E-state index is 0.166. The van der Waals surface area contributed by atoms with Crippen molar-refractivity contribution in [1.29, 1.82) is 0 Å². The van der Waals surface area contributed by atoms with E-state index in [4.69, 9.17) is 4.74 Å². The molecular formula is C26H35N3O3. The number of nitro groups is 1. The van der Waals surface area contributed by atoms with Gasteiger partial charge in [0, 0.05) is 43.1 Å². The van der Waals surface area contributed by atoms with Gasteiger partial charge in [-0.2, -0.15) is 0 Å². The van der Waals surface area contributed by atoms with Gasteiger partial charge in [-0.05, 0) is 75.4 Å². The van der Waals surface area contributed by atoms with Crippen molar-refractivity contribution in [3.8, 4) is 0 Å². The fraction of sp³-hybridized carbons (Fsp3) is 0.615. The van der Waals surface area contributed by atoms with E-state index in [1.807, 2.05) is 12.1 Å². The molecule has 32 heavy (non-hydrogen) atoms. The van der Waals surface area contributed by atoms with Crippen LogP contribution in [0.5, 0.6) is 0 Å². The largest absolute Gasteiger partial charge is 0.494 e. The average Bonchev–Trinajstić information content (AvgIpc) is 3.31. The predicted molar refractivity (Wildman–Crippen MR) is 125 cm³/mol. The number of non-ortho nitro benzene ring substituents is 1. The number of piperidine rings is 2. The van der Waals surface area contributed by atoms with Crippen LogP contribution in [-0.4, -0.2) is 60.1 Å². The van der Waals surface area contributed by atoms with Crippen LogP contribution in [0.2, 0.25) is 0 Å². The molecule has 3 saturated heterocycles. The number of nitrogens with zero attached hydrogens (tertiary/aromatic N) is 3. The third kappa shape index (κ3) is 4.62. The van der Waals surface area contributed by atoms with Crippen LogP contribution in [0.3, 0.4) is 0 Å². The highest BCUT2D eigenvalue weighted by Crippen LogP contribution is 2.46. The van der Waals surface area contributed by atoms with Crippen LogP contribution in [0.1, 0.15) is 50.0 Å². The van der Waals surface area contributed by atoms with Gasteiger partial charge in [0.05, 0.1) is 11.5 Å². The van der Waals surface area contributed by atoms with Gasteiger partial charge in [0.25, 0.3) is 5.69 Å². The molecule has 2 unspecified atom stereocenters. The van der Waals surface area contributed by atoms with Crippen molar-refractivity contribution in [1.82, 2.24) is 9.80 Å². The maximum Gasteiger partial charge on any atom is 0.269 e. The molecule has 172 valence electrons. The van der Waals surface area contributed by atoms with Gasteiger partial charge in [0.2, 0.25) is 0 Å². The molecule has 0 amide bonds. The molecule has 3 heterocycles. The molecule has 0 saturated carbocycles. The zero-order valence-electron chi connectivity index (χ0n) is 18.9. The van der Waals surface area contributed by atoms with Crippen LogP contribution < -0.4 is 0 Å². The standard InChI is InChI=1S/C26H35N3O3/c30-29(31)21-9-7-20(8-10-21)25-19-28-16-4-6-26(28)24-18-22(11-12-23(24)25)32-17-5-15-27-13-2-1-3-14-27/h7-12,18,23-26H,1-6,13-17,19H2/t23-,24?,25?,26+/m0/s1. The summed E-state index contributed by atoms with van der Waals surface area (Å²) in [4.78, 5) is 16.0. The van der Waals surface area contributed by atoms with E-state index >= 15 is 0 Å². The minimum atomic E-state index is -0.317. The number of allylic oxidation sites excluding steroid dienone is 2. The second-order valence-electron chi connectivity index (χ2n) is 9.85. The molecule has 3 aliphatic heterocycles. The molecule has 6 nitrogen and oxygen atoms in total. The maximum atomic E-state index is 11.1. The van der Waals surface area contributed by atoms with Crippen LogP contribution in [0.15, 0.2) is 48.3 Å². The molecule has 1 aliphatic carbocycles. The molecule has 0 N–H and O–H groups in total. The number of likely N-dealkylation sites (tertiary alicyclic amines) is 1. The molecule has 1 aromatic carbocycles. The highest BCUT2D eigenvalue weighted by atomic mass is 16.6. The predicted octanol–water partition coefficient (Wildman–Crippen LogP) is 4.74. The van der Waals surface area contributed by atoms with Crippen LogP contribution in [0.4, 0.5) is 5.69 Å². The summed E-state index contributed by atoms with van der Waals surface area (Å²) in [6, 6.07) is 7.81. The number of nitro benzene ring substituents is 1. The molecular weight excluding hydrogens is 402 g/mol. The zero-order valence-corrected chi connectivity index (χ0v) is 18.9. The molecule has 4 aliphatic rings. The fourth-order valence-electron chi connectivity index (χ4n) is 6.28. The van der Waals surface area contributed by atoms with Crippen LogP contribution in [0, 0.1) is 22.0 Å². The van der Waals surface area contributed by atoms with E-state index in [1.165, 1.54) is 50.8 Å². The van der Waals surface area contributed by atoms with Gasteiger partial charge in [-0.15, -0.1) is 0 Å². The van der Waals surface area contributed by atoms with Crippen LogP contribution >= 0.6 is 0 Å². The Bertz CT molecular complexity index is 860. The molecule has 4 atom stereocenters. The van der Waals surface area contributed by atoms with E-state index in [2.05, 4.69) is 28.0 Å². The quantitative estimate of drug-likeness (QED) is 0.350. The monoisotopic (exact) mass is 437 g/mol. The Labute approximate surface area is 191 Å². The van der Waals surface area contributed by atoms with Crippen molar-refractivity contribution in [3.63, 3.8) is 0 Å². The molecule has 0 bridgehead atoms. The van der Waals surface area contributed by atoms with E-state index in [-0.39, 0.29) is 10.6 Å². The van der Waals surface area contributed by atoms with Gasteiger partial charge in [-0.3, -0.25) is 15.0 Å². The number of fused-ring (bicyclic) bond motifs is 3. The van der Waals surface area contributed by atoms with Gasteiger partial charge < -0.3 is 9.64 Å². The summed E-state index contributed by atoms with van der Waals surface area (Å²) in [5, 5.41) is 11.1. The molecule has 0 spiro atoms. The molecule has 6 heteroatoms. The van der Waals surface area contributed by atoms with E-state index in [1.54, 1.807) is 12.1 Å². The average molecular weight is 438 g/mol. The summed E-state index contributed by atoms with van der Waals surface area (Å²) < 4.78 is 6.21. The molecule has 1 aromatic rings. The lowest BCUT2D eigenvalue weighted by Gasteiger charge is -2.46. The van der Waals surface area contributed by atoms with Crippen molar-refractivity contribution in [2.24, 2.45) is 11.8 Å². The Kier molecular flexibility index (Phi) is 6.60. The summed E-state index contributed by atoms with van der Waals surface area (Å²) >= 11 is 0. The molecule has 3 fully saturated rings. The normalized spacial score (nSPS) is 30.4. The van der Waals surface area contributed by atoms with Crippen LogP contribution in [-0.2, 0) is 4.74 Å². The Morgan fingerprint density at radius 1 is 1.03 bits per heavy atom. The zero-order chi connectivity index (χ0) is 21.9. The van der Waals surface area contributed by atoms with Gasteiger partial charge in [0.15, 0.2) is 0 Å². The first-order valence-corrected chi connectivity index (χ1v) is 12.4. The summed E-state index contributed by atoms with van der Waals surface area (Å²) in [5.74, 6) is 2.27. The third-order valence-electron chi connectivity index (χ3n) is 7.91. The van der Waals surface area contributed by atoms with Crippen molar-refractivity contribution in [3.05, 3.63) is 63.9 Å². The van der Waals surface area contributed by atoms with Crippen molar-refractivity contribution in [2.45, 2.75) is 50.5 Å². The fourth-order valence-corrected chi connectivity index (χ4v) is 6.28. The van der Waals surface area contributed by atoms with Gasteiger partial charge >= 0.3 is 0 Å². The Hall–Kier alpha value is -2.18. The lowest BCUT2D eigenvalue weighted by atomic mass is 9.69. The van der Waals surface area contributed by atoms with Crippen molar-refractivity contribution in [2.75, 3.05) is 39.3 Å². The van der Waals surface area contributed by atoms with E-state index in [9.17, 15) is 10.1 Å². The summed E-state index contributed by atoms with van der Waals surface area (Å²) in [6.07, 6.45) is 14.6. The van der Waals surface area contributed by atoms with E-state index in [0.717, 1.165) is 38.4 Å². The Balaban J connectivity index is 1.24. The highest BCUT2D eigenvalue weighted by molar-refractivity contribution is 5.37. The minimum Gasteiger partial charge on any atom is -0.494 e. The second kappa shape index (κ2) is 9.75. The van der Waals surface area contributed by atoms with Crippen molar-refractivity contribution < 1.29 is 9.66 Å². The number of ether oxygens (including phenoxy) is 1. The van der Waals surface area contributed by atoms with E-state index < -0.39 is 0 Å². The summed E-state index contributed by atoms with van der Waals surface area (Å²) in [5.41, 5.74) is 1.37. The van der Waals surface area contributed by atoms with Crippen LogP contribution in [0.25, 0.3) is 0 Å². The highest BCUT2D eigenvalue weighted by Gasteiger charge is 2.45. The Morgan fingerprint density at radius 2 is 1.84 bits per heavy atom. The Morgan fingerprint density at radius 3 is 2.62 bits per heavy atom. The topological polar surface area (TPSA) is 58.9 Å². The maximum absolute atomic E-state index is 11.1. The molecule has 0 aromatic heterocycles. The first-order chi connectivity index (χ1) is 15.7. The SMILES string of the molecule is O=[N+]([O-])c1ccc(C2CN3CCC[C@@H]3C3C=C(OCCCN4CCCCC4)C=C[C@H]23)cc1. The number of benzene rings is 1. The number of hydrogen-bond donors (Lipinski definition) is 0. The van der Waals surface area contributed by atoms with Gasteiger partial charge in [-0.1, -0.05) is 24.6 Å². The lowest BCUT2D eigenvalue weighted by molar-refractivity contribution is -0.384. The first-order valence-electron chi connectivity index (χ1n) is 12.4.